The zero-order valence-corrected chi connectivity index (χ0v) is 10.6. The van der Waals surface area contributed by atoms with E-state index < -0.39 is 0 Å². The highest BCUT2D eigenvalue weighted by atomic mass is 15.1. The van der Waals surface area contributed by atoms with Gasteiger partial charge < -0.3 is 9.88 Å². The summed E-state index contributed by atoms with van der Waals surface area (Å²) in [5.41, 5.74) is 2.32. The first kappa shape index (κ1) is 11.9. The minimum atomic E-state index is 0.122. The van der Waals surface area contributed by atoms with Crippen LogP contribution in [0.4, 0.5) is 0 Å². The van der Waals surface area contributed by atoms with Crippen molar-refractivity contribution in [3.05, 3.63) is 48.5 Å². The van der Waals surface area contributed by atoms with Crippen LogP contribution in [0.1, 0.15) is 26.5 Å². The zero-order chi connectivity index (χ0) is 12.3. The van der Waals surface area contributed by atoms with E-state index in [1.807, 2.05) is 29.1 Å². The van der Waals surface area contributed by atoms with E-state index in [9.17, 15) is 0 Å². The first-order valence-electron chi connectivity index (χ1n) is 5.88. The molecule has 17 heavy (non-hydrogen) atoms. The summed E-state index contributed by atoms with van der Waals surface area (Å²) in [6.07, 6.45) is 3.92. The lowest BCUT2D eigenvalue weighted by Crippen LogP contribution is -2.35. The fourth-order valence-corrected chi connectivity index (χ4v) is 1.55. The lowest BCUT2D eigenvalue weighted by Gasteiger charge is -2.19. The van der Waals surface area contributed by atoms with E-state index in [1.165, 1.54) is 0 Å². The fourth-order valence-electron chi connectivity index (χ4n) is 1.55. The van der Waals surface area contributed by atoms with Crippen LogP contribution >= 0.6 is 0 Å². The molecule has 3 nitrogen and oxygen atoms in total. The summed E-state index contributed by atoms with van der Waals surface area (Å²) in [7, 11) is 0. The second-order valence-corrected chi connectivity index (χ2v) is 5.21. The Morgan fingerprint density at radius 3 is 2.53 bits per heavy atom. The van der Waals surface area contributed by atoms with E-state index in [0.717, 1.165) is 17.9 Å². The van der Waals surface area contributed by atoms with Gasteiger partial charge in [-0.25, -0.2) is 4.98 Å². The summed E-state index contributed by atoms with van der Waals surface area (Å²) in [6, 6.07) is 10.2. The summed E-state index contributed by atoms with van der Waals surface area (Å²) in [4.78, 5) is 4.40. The Balaban J connectivity index is 2.07. The van der Waals surface area contributed by atoms with E-state index in [2.05, 4.69) is 49.4 Å². The highest BCUT2D eigenvalue weighted by Gasteiger charge is 2.09. The first-order chi connectivity index (χ1) is 8.04. The van der Waals surface area contributed by atoms with Gasteiger partial charge in [0.25, 0.3) is 0 Å². The Labute approximate surface area is 103 Å². The fraction of sp³-hybridized carbons (Fsp3) is 0.357. The number of aromatic nitrogens is 2. The molecule has 90 valence electrons. The van der Waals surface area contributed by atoms with Crippen molar-refractivity contribution in [3.63, 3.8) is 0 Å². The quantitative estimate of drug-likeness (QED) is 0.877. The van der Waals surface area contributed by atoms with Crippen LogP contribution in [-0.2, 0) is 6.54 Å². The molecule has 1 N–H and O–H groups in total. The molecule has 0 amide bonds. The number of nitrogens with one attached hydrogen (secondary N) is 1. The monoisotopic (exact) mass is 229 g/mol. The molecule has 1 heterocycles. The number of imidazole rings is 1. The number of hydrogen-bond donors (Lipinski definition) is 1. The van der Waals surface area contributed by atoms with Crippen LogP contribution in [0.2, 0.25) is 0 Å². The van der Waals surface area contributed by atoms with Crippen molar-refractivity contribution in [2.75, 3.05) is 0 Å². The molecule has 2 rings (SSSR count). The Morgan fingerprint density at radius 1 is 1.18 bits per heavy atom. The topological polar surface area (TPSA) is 29.9 Å². The molecular weight excluding hydrogens is 210 g/mol. The van der Waals surface area contributed by atoms with Gasteiger partial charge in [-0.3, -0.25) is 0 Å². The van der Waals surface area contributed by atoms with Crippen LogP contribution in [0.15, 0.2) is 42.9 Å². The lowest BCUT2D eigenvalue weighted by molar-refractivity contribution is 0.421. The second-order valence-electron chi connectivity index (χ2n) is 5.21. The third-order valence-corrected chi connectivity index (χ3v) is 2.49. The minimum absolute atomic E-state index is 0.122. The van der Waals surface area contributed by atoms with Crippen LogP contribution in [0.3, 0.4) is 0 Å². The largest absolute Gasteiger partial charge is 0.306 e. The molecule has 0 saturated carbocycles. The number of hydrogen-bond acceptors (Lipinski definition) is 2. The number of nitrogens with zero attached hydrogens (tertiary/aromatic N) is 2. The third-order valence-electron chi connectivity index (χ3n) is 2.49. The third kappa shape index (κ3) is 3.43. The van der Waals surface area contributed by atoms with E-state index >= 15 is 0 Å². The molecule has 0 atom stereocenters. The maximum atomic E-state index is 4.40. The normalized spacial score (nSPS) is 11.7. The van der Waals surface area contributed by atoms with Crippen molar-refractivity contribution in [1.82, 2.24) is 14.9 Å². The molecule has 0 radical (unpaired) electrons. The van der Waals surface area contributed by atoms with Gasteiger partial charge in [-0.2, -0.15) is 0 Å². The van der Waals surface area contributed by atoms with Gasteiger partial charge in [0.15, 0.2) is 0 Å². The summed E-state index contributed by atoms with van der Waals surface area (Å²) < 4.78 is 2.04. The highest BCUT2D eigenvalue weighted by molar-refractivity contribution is 5.31. The van der Waals surface area contributed by atoms with Crippen LogP contribution in [0, 0.1) is 0 Å². The lowest BCUT2D eigenvalue weighted by atomic mass is 10.1. The molecule has 0 saturated heterocycles. The Kier molecular flexibility index (Phi) is 3.29. The first-order valence-corrected chi connectivity index (χ1v) is 5.88. The molecule has 1 aromatic heterocycles. The molecule has 0 spiro atoms. The van der Waals surface area contributed by atoms with Gasteiger partial charge >= 0.3 is 0 Å². The predicted octanol–water partition coefficient (Wildman–Crippen LogP) is 2.76. The van der Waals surface area contributed by atoms with Gasteiger partial charge in [-0.15, -0.1) is 0 Å². The van der Waals surface area contributed by atoms with Gasteiger partial charge in [0.05, 0.1) is 12.0 Å². The van der Waals surface area contributed by atoms with E-state index in [0.29, 0.717) is 0 Å². The molecule has 0 aliphatic carbocycles. The van der Waals surface area contributed by atoms with Crippen molar-refractivity contribution in [3.8, 4) is 5.69 Å². The average molecular weight is 229 g/mol. The molecule has 2 aromatic rings. The van der Waals surface area contributed by atoms with Crippen LogP contribution in [-0.4, -0.2) is 15.1 Å². The van der Waals surface area contributed by atoms with E-state index in [1.54, 1.807) is 0 Å². The van der Waals surface area contributed by atoms with Gasteiger partial charge in [-0.1, -0.05) is 18.2 Å². The molecule has 3 heteroatoms. The maximum Gasteiger partial charge on any atom is 0.0995 e. The van der Waals surface area contributed by atoms with Crippen molar-refractivity contribution >= 4 is 0 Å². The maximum absolute atomic E-state index is 4.40. The molecule has 0 aliphatic heterocycles. The van der Waals surface area contributed by atoms with Gasteiger partial charge in [0, 0.05) is 24.0 Å². The van der Waals surface area contributed by atoms with Gasteiger partial charge in [0.2, 0.25) is 0 Å². The minimum Gasteiger partial charge on any atom is -0.306 e. The summed E-state index contributed by atoms with van der Waals surface area (Å²) >= 11 is 0. The second kappa shape index (κ2) is 4.72. The highest BCUT2D eigenvalue weighted by Crippen LogP contribution is 2.08. The molecule has 0 bridgehead atoms. The molecule has 0 unspecified atom stereocenters. The number of benzene rings is 1. The van der Waals surface area contributed by atoms with Crippen LogP contribution in [0.25, 0.3) is 5.69 Å². The molecule has 1 aromatic carbocycles. The molecule has 0 aliphatic rings. The predicted molar refractivity (Wildman–Crippen MR) is 70.2 cm³/mol. The Hall–Kier alpha value is -1.61. The van der Waals surface area contributed by atoms with Crippen molar-refractivity contribution < 1.29 is 0 Å². The smallest absolute Gasteiger partial charge is 0.0995 e. The van der Waals surface area contributed by atoms with E-state index in [4.69, 9.17) is 0 Å². The van der Waals surface area contributed by atoms with Gasteiger partial charge in [0.1, 0.15) is 0 Å². The van der Waals surface area contributed by atoms with Crippen molar-refractivity contribution in [1.29, 1.82) is 0 Å². The SMILES string of the molecule is CC(C)(C)NCc1cn(-c2ccccc2)cn1. The Bertz CT molecular complexity index is 466. The van der Waals surface area contributed by atoms with Crippen LogP contribution in [0.5, 0.6) is 0 Å². The zero-order valence-electron chi connectivity index (χ0n) is 10.6. The molecule has 0 fully saturated rings. The van der Waals surface area contributed by atoms with Crippen LogP contribution < -0.4 is 5.32 Å². The summed E-state index contributed by atoms with van der Waals surface area (Å²) in [6.45, 7) is 7.26. The van der Waals surface area contributed by atoms with Gasteiger partial charge in [-0.05, 0) is 32.9 Å². The summed E-state index contributed by atoms with van der Waals surface area (Å²) in [5.74, 6) is 0. The standard InChI is InChI=1S/C14H19N3/c1-14(2,3)16-9-12-10-17(11-15-12)13-7-5-4-6-8-13/h4-8,10-11,16H,9H2,1-3H3. The van der Waals surface area contributed by atoms with Crippen molar-refractivity contribution in [2.24, 2.45) is 0 Å². The van der Waals surface area contributed by atoms with Crippen molar-refractivity contribution in [2.45, 2.75) is 32.9 Å². The molecular formula is C14H19N3. The number of rotatable bonds is 3. The Morgan fingerprint density at radius 2 is 1.88 bits per heavy atom. The van der Waals surface area contributed by atoms with E-state index in [-0.39, 0.29) is 5.54 Å². The number of para-hydroxylation sites is 1. The average Bonchev–Trinajstić information content (AvgIpc) is 2.75. The summed E-state index contributed by atoms with van der Waals surface area (Å²) in [5, 5.41) is 3.43.